The lowest BCUT2D eigenvalue weighted by Gasteiger charge is -2.46. The van der Waals surface area contributed by atoms with E-state index in [2.05, 4.69) is 325 Å². The summed E-state index contributed by atoms with van der Waals surface area (Å²) in [5.41, 5.74) is 23.6. The Morgan fingerprint density at radius 1 is 0.279 bits per heavy atom. The van der Waals surface area contributed by atoms with Crippen LogP contribution < -0.4 is 26.2 Å². The molecule has 0 unspecified atom stereocenters. The van der Waals surface area contributed by atoms with Gasteiger partial charge in [0.25, 0.3) is 6.71 Å². The summed E-state index contributed by atoms with van der Waals surface area (Å²) in [6.07, 6.45) is -3.16. The minimum atomic E-state index is -1.88. The van der Waals surface area contributed by atoms with Gasteiger partial charge in [-0.3, -0.25) is 0 Å². The molecule has 15 aromatic rings. The first-order valence-electron chi connectivity index (χ1n) is 50.0. The first-order valence-corrected chi connectivity index (χ1v) is 44.0. The van der Waals surface area contributed by atoms with E-state index in [4.69, 9.17) is 0 Å². The molecule has 0 saturated heterocycles. The van der Waals surface area contributed by atoms with Crippen LogP contribution in [0.4, 0.5) is 34.1 Å². The highest BCUT2D eigenvalue weighted by molar-refractivity contribution is 7.00. The second-order valence-electron chi connectivity index (χ2n) is 44.4. The van der Waals surface area contributed by atoms with Crippen LogP contribution in [-0.4, -0.2) is 15.8 Å². The standard InChI is InChI=1S/C117H129BN4/c1-109(2,3)70-73-48-54-100-94(56-73)88-44-28-30-46-98(88)119(100)86-50-52-96-102(68-86)121(107-90(76-36-32-40-80(60-76)112(10,11)12)64-84(116(22,23)24)65-91(107)77-37-33-41-81(61-77)113(13,14)15)104-58-75(72-111(7,8)9)59-105-106(104)118(96)97-53-51-87(120-99-47-31-29-45-89(99)95-57-74(49-55-101(95)120)71-110(4,5)6)69-103(97)122(105)108-92(78-38-34-42-82(62-78)114(16,17)18)66-85(117(25,26)27)67-93(108)79-39-35-43-83(63-79)115(19,20)21/h28-69H,70-72H2,1-27H3/i28D,29D,30D,31D,44D,45D,46D,47D,70D2,71D2. The first kappa shape index (κ1) is 69.6. The van der Waals surface area contributed by atoms with Crippen molar-refractivity contribution in [1.29, 1.82) is 0 Å². The molecule has 0 fully saturated rings. The fourth-order valence-corrected chi connectivity index (χ4v) is 18.6. The molecule has 0 aliphatic carbocycles. The zero-order valence-electron chi connectivity index (χ0n) is 89.2. The Kier molecular flexibility index (Phi) is 16.8. The second kappa shape index (κ2) is 29.4. The minimum absolute atomic E-state index is 0.228. The highest BCUT2D eigenvalue weighted by atomic mass is 15.2. The van der Waals surface area contributed by atoms with E-state index in [-0.39, 0.29) is 73.1 Å². The molecule has 2 aliphatic heterocycles. The van der Waals surface area contributed by atoms with E-state index >= 15 is 0 Å². The van der Waals surface area contributed by atoms with E-state index < -0.39 is 65.3 Å². The zero-order valence-corrected chi connectivity index (χ0v) is 77.2. The summed E-state index contributed by atoms with van der Waals surface area (Å²) >= 11 is 0. The van der Waals surface area contributed by atoms with E-state index in [0.717, 1.165) is 134 Å². The topological polar surface area (TPSA) is 16.3 Å². The summed E-state index contributed by atoms with van der Waals surface area (Å²) < 4.78 is 122. The lowest BCUT2D eigenvalue weighted by atomic mass is 9.33. The van der Waals surface area contributed by atoms with Crippen molar-refractivity contribution >= 4 is 101 Å². The van der Waals surface area contributed by atoms with Crippen molar-refractivity contribution in [2.75, 3.05) is 9.80 Å². The van der Waals surface area contributed by atoms with Crippen molar-refractivity contribution in [3.05, 3.63) is 305 Å². The normalized spacial score (nSPS) is 15.4. The molecule has 122 heavy (non-hydrogen) atoms. The number of hydrogen-bond donors (Lipinski definition) is 0. The van der Waals surface area contributed by atoms with Gasteiger partial charge < -0.3 is 18.9 Å². The van der Waals surface area contributed by atoms with E-state index in [0.29, 0.717) is 50.7 Å². The van der Waals surface area contributed by atoms with Crippen LogP contribution in [0.2, 0.25) is 0 Å². The number of nitrogens with zero attached hydrogens (tertiary/aromatic N) is 4. The van der Waals surface area contributed by atoms with Crippen LogP contribution in [0.3, 0.4) is 0 Å². The predicted molar refractivity (Wildman–Crippen MR) is 533 cm³/mol. The Morgan fingerprint density at radius 3 is 0.902 bits per heavy atom. The number of benzene rings is 13. The summed E-state index contributed by atoms with van der Waals surface area (Å²) in [7, 11) is 0. The highest BCUT2D eigenvalue weighted by Gasteiger charge is 2.47. The van der Waals surface area contributed by atoms with Gasteiger partial charge in [-0.15, -0.1) is 0 Å². The number of anilines is 6. The molecule has 4 nitrogen and oxygen atoms in total. The first-order chi connectivity index (χ1) is 62.0. The molecule has 0 spiro atoms. The second-order valence-corrected chi connectivity index (χ2v) is 44.4. The van der Waals surface area contributed by atoms with Gasteiger partial charge >= 0.3 is 0 Å². The van der Waals surface area contributed by atoms with Crippen molar-refractivity contribution in [3.63, 3.8) is 0 Å². The smallest absolute Gasteiger partial charge is 0.252 e. The number of hydrogen-bond acceptors (Lipinski definition) is 2. The van der Waals surface area contributed by atoms with Crippen LogP contribution in [0.15, 0.2) is 255 Å². The number of aromatic nitrogens is 2. The van der Waals surface area contributed by atoms with Gasteiger partial charge in [0.1, 0.15) is 0 Å². The highest BCUT2D eigenvalue weighted by Crippen LogP contribution is 2.57. The van der Waals surface area contributed by atoms with Crippen molar-refractivity contribution in [2.45, 2.75) is 239 Å². The van der Waals surface area contributed by atoms with Gasteiger partial charge in [0.2, 0.25) is 0 Å². The Morgan fingerprint density at radius 2 is 0.598 bits per heavy atom. The molecule has 0 radical (unpaired) electrons. The summed E-state index contributed by atoms with van der Waals surface area (Å²) in [5, 5.41) is 1.53. The third-order valence-electron chi connectivity index (χ3n) is 24.7. The zero-order chi connectivity index (χ0) is 97.5. The van der Waals surface area contributed by atoms with E-state index in [1.165, 1.54) is 0 Å². The fraction of sp³-hybridized carbons (Fsp3) is 0.333. The Labute approximate surface area is 747 Å². The lowest BCUT2D eigenvalue weighted by Crippen LogP contribution is -2.61. The molecule has 0 saturated carbocycles. The van der Waals surface area contributed by atoms with Gasteiger partial charge in [-0.05, 0) is 254 Å². The molecule has 0 bridgehead atoms. The molecule has 0 amide bonds. The molecule has 17 rings (SSSR count). The summed E-state index contributed by atoms with van der Waals surface area (Å²) in [4.78, 5) is 5.13. The van der Waals surface area contributed by atoms with Crippen LogP contribution >= 0.6 is 0 Å². The van der Waals surface area contributed by atoms with Crippen LogP contribution in [-0.2, 0) is 51.7 Å². The van der Waals surface area contributed by atoms with Gasteiger partial charge in [-0.1, -0.05) is 345 Å². The van der Waals surface area contributed by atoms with Crippen molar-refractivity contribution in [1.82, 2.24) is 9.13 Å². The van der Waals surface area contributed by atoms with Gasteiger partial charge in [0, 0.05) is 83.4 Å². The molecule has 0 N–H and O–H groups in total. The Bertz CT molecular complexity index is 6820. The van der Waals surface area contributed by atoms with Crippen molar-refractivity contribution in [2.24, 2.45) is 16.2 Å². The monoisotopic (exact) mass is 1610 g/mol. The molecule has 4 heterocycles. The SMILES string of the molecule is [2H]c1c([2H])c([2H])c2c(c1[2H])c1cc(C([2H])([2H])C(C)(C)C)ccc1n2-c1ccc2c(c1)N(c1c(-c3cccc(C(C)(C)C)c3)cc(C(C)(C)C)cc1-c1cccc(C(C)(C)C)c1)c1cc(CC(C)(C)C)cc3c1B2c1ccc(-n2c4ccc(C([2H])([2H])C(C)(C)C)cc4c4c([2H])c([2H])c([2H])c([2H])c42)cc1N3c1c(-c2cccc(C(C)(C)C)c2)cc(C(C)(C)C)cc1-c1cccc(C(C)(C)C)c1. The average Bonchev–Trinajstić information content (AvgIpc) is 0.868. The minimum Gasteiger partial charge on any atom is -0.310 e. The number of fused-ring (bicyclic) bond motifs is 10. The largest absolute Gasteiger partial charge is 0.310 e. The maximum absolute atomic E-state index is 10.2. The summed E-state index contributed by atoms with van der Waals surface area (Å²) in [6, 6.07) is 72.7. The quantitative estimate of drug-likeness (QED) is 0.120. The third-order valence-corrected chi connectivity index (χ3v) is 24.7. The van der Waals surface area contributed by atoms with Crippen molar-refractivity contribution in [3.8, 4) is 55.9 Å². The average molecular weight is 1610 g/mol. The van der Waals surface area contributed by atoms with E-state index in [1.54, 1.807) is 12.1 Å². The predicted octanol–water partition coefficient (Wildman–Crippen LogP) is 31.2. The van der Waals surface area contributed by atoms with Crippen LogP contribution in [0.5, 0.6) is 0 Å². The van der Waals surface area contributed by atoms with Gasteiger partial charge in [0.15, 0.2) is 0 Å². The fourth-order valence-electron chi connectivity index (χ4n) is 18.6. The summed E-state index contributed by atoms with van der Waals surface area (Å²) in [6.45, 7) is 58.5. The van der Waals surface area contributed by atoms with Gasteiger partial charge in [0.05, 0.1) is 44.4 Å². The maximum atomic E-state index is 10.2. The van der Waals surface area contributed by atoms with Crippen LogP contribution in [0, 0.1) is 16.2 Å². The van der Waals surface area contributed by atoms with E-state index in [9.17, 15) is 16.4 Å². The van der Waals surface area contributed by atoms with Crippen molar-refractivity contribution < 1.29 is 16.4 Å². The number of para-hydroxylation sites is 2. The van der Waals surface area contributed by atoms with E-state index in [1.807, 2.05) is 74.9 Å². The summed E-state index contributed by atoms with van der Waals surface area (Å²) in [5.74, 6) is 0. The number of rotatable bonds is 11. The molecule has 0 atom stereocenters. The molecule has 2 aliphatic rings. The molecule has 2 aromatic heterocycles. The maximum Gasteiger partial charge on any atom is 0.252 e. The third kappa shape index (κ3) is 15.6. The van der Waals surface area contributed by atoms with Gasteiger partial charge in [-0.25, -0.2) is 0 Å². The Balaban J connectivity index is 1.13. The van der Waals surface area contributed by atoms with Crippen LogP contribution in [0.25, 0.3) is 99.5 Å². The Hall–Kier alpha value is -10.9. The molecule has 620 valence electrons. The molecule has 5 heteroatoms. The molecule has 13 aromatic carbocycles. The molecular formula is C117H129BN4. The lowest BCUT2D eigenvalue weighted by molar-refractivity contribution is 0.411. The molecular weight excluding hydrogens is 1470 g/mol. The van der Waals surface area contributed by atoms with Gasteiger partial charge in [-0.2, -0.15) is 0 Å². The van der Waals surface area contributed by atoms with Crippen LogP contribution in [0.1, 0.15) is 253 Å².